The van der Waals surface area contributed by atoms with Crippen molar-refractivity contribution in [2.45, 2.75) is 17.5 Å². The monoisotopic (exact) mass is 366 g/mol. The Bertz CT molecular complexity index is 725. The Morgan fingerprint density at radius 1 is 1.46 bits per heavy atom. The molecule has 1 aromatic rings. The maximum Gasteiger partial charge on any atom is 0.434 e. The highest BCUT2D eigenvalue weighted by molar-refractivity contribution is 7.89. The number of pyridine rings is 1. The molecule has 1 aromatic heterocycles. The lowest BCUT2D eigenvalue weighted by Crippen LogP contribution is -2.43. The maximum atomic E-state index is 13.1. The number of hydrogen-bond donors (Lipinski definition) is 1. The molecule has 0 bridgehead atoms. The summed E-state index contributed by atoms with van der Waals surface area (Å²) in [6, 6.07) is 2.07. The predicted molar refractivity (Wildman–Crippen MR) is 76.4 cm³/mol. The van der Waals surface area contributed by atoms with Crippen LogP contribution in [0.15, 0.2) is 23.2 Å². The van der Waals surface area contributed by atoms with Gasteiger partial charge in [-0.25, -0.2) is 8.42 Å². The van der Waals surface area contributed by atoms with Crippen LogP contribution in [0.4, 0.5) is 13.2 Å². The van der Waals surface area contributed by atoms with E-state index in [1.54, 1.807) is 0 Å². The van der Waals surface area contributed by atoms with Crippen LogP contribution in [0, 0.1) is 11.3 Å². The quantitative estimate of drug-likeness (QED) is 0.867. The summed E-state index contributed by atoms with van der Waals surface area (Å²) in [6.07, 6.45) is -3.39. The molecule has 0 spiro atoms. The lowest BCUT2D eigenvalue weighted by Gasteiger charge is -2.36. The average Bonchev–Trinajstić information content (AvgIpc) is 2.95. The number of ether oxygens (including phenoxy) is 1. The Kier molecular flexibility index (Phi) is 4.35. The minimum absolute atomic E-state index is 0.0668. The molecule has 2 aliphatic rings. The molecule has 2 fully saturated rings. The zero-order valence-corrected chi connectivity index (χ0v) is 13.5. The summed E-state index contributed by atoms with van der Waals surface area (Å²) in [5.74, 6) is -0.142. The summed E-state index contributed by atoms with van der Waals surface area (Å²) < 4.78 is 71.2. The van der Waals surface area contributed by atoms with Crippen molar-refractivity contribution in [1.82, 2.24) is 9.29 Å². The first-order chi connectivity index (χ1) is 11.2. The maximum absolute atomic E-state index is 13.1. The molecular formula is C14H17F3N2O4S. The highest BCUT2D eigenvalue weighted by atomic mass is 32.2. The third-order valence-electron chi connectivity index (χ3n) is 4.75. The fourth-order valence-corrected chi connectivity index (χ4v) is 5.15. The van der Waals surface area contributed by atoms with E-state index in [1.807, 2.05) is 0 Å². The molecule has 0 radical (unpaired) electrons. The van der Waals surface area contributed by atoms with E-state index in [0.717, 1.165) is 22.6 Å². The summed E-state index contributed by atoms with van der Waals surface area (Å²) in [7, 11) is -4.37. The number of aliphatic hydroxyl groups excluding tert-OH is 1. The van der Waals surface area contributed by atoms with Crippen molar-refractivity contribution in [3.63, 3.8) is 0 Å². The van der Waals surface area contributed by atoms with Gasteiger partial charge in [0.15, 0.2) is 5.69 Å². The molecule has 0 aliphatic carbocycles. The van der Waals surface area contributed by atoms with Crippen molar-refractivity contribution in [2.24, 2.45) is 11.3 Å². The van der Waals surface area contributed by atoms with Crippen LogP contribution >= 0.6 is 0 Å². The van der Waals surface area contributed by atoms with Gasteiger partial charge in [-0.1, -0.05) is 0 Å². The molecule has 2 aliphatic heterocycles. The number of fused-ring (bicyclic) bond motifs is 1. The molecule has 0 saturated carbocycles. The van der Waals surface area contributed by atoms with Gasteiger partial charge in [-0.05, 0) is 24.5 Å². The standard InChI is InChI=1S/C14H17F3N2O4S/c15-14(16,17)12-11(2-1-4-18-12)24(21,22)19-6-10-3-5-23-9-13(10,7-19)8-20/h1-2,4,10,20H,3,5-9H2/t10-,13+/m0/s1. The zero-order valence-electron chi connectivity index (χ0n) is 12.7. The summed E-state index contributed by atoms with van der Waals surface area (Å²) in [5, 5.41) is 9.70. The van der Waals surface area contributed by atoms with Crippen LogP contribution < -0.4 is 0 Å². The van der Waals surface area contributed by atoms with E-state index >= 15 is 0 Å². The van der Waals surface area contributed by atoms with Crippen molar-refractivity contribution in [3.05, 3.63) is 24.0 Å². The number of halogens is 3. The van der Waals surface area contributed by atoms with E-state index in [4.69, 9.17) is 4.74 Å². The minimum Gasteiger partial charge on any atom is -0.396 e. The molecule has 2 atom stereocenters. The summed E-state index contributed by atoms with van der Waals surface area (Å²) >= 11 is 0. The van der Waals surface area contributed by atoms with Gasteiger partial charge >= 0.3 is 6.18 Å². The Labute approximate surface area is 137 Å². The highest BCUT2D eigenvalue weighted by Crippen LogP contribution is 2.44. The van der Waals surface area contributed by atoms with Gasteiger partial charge in [0.25, 0.3) is 0 Å². The van der Waals surface area contributed by atoms with Crippen molar-refractivity contribution in [2.75, 3.05) is 32.9 Å². The zero-order chi connectivity index (χ0) is 17.6. The van der Waals surface area contributed by atoms with Crippen molar-refractivity contribution >= 4 is 10.0 Å². The van der Waals surface area contributed by atoms with E-state index in [-0.39, 0.29) is 32.2 Å². The minimum atomic E-state index is -4.87. The molecule has 0 amide bonds. The third kappa shape index (κ3) is 2.81. The van der Waals surface area contributed by atoms with Crippen LogP contribution in [-0.4, -0.2) is 55.7 Å². The molecule has 1 N–H and O–H groups in total. The molecule has 2 saturated heterocycles. The van der Waals surface area contributed by atoms with Crippen LogP contribution in [0.25, 0.3) is 0 Å². The molecule has 0 aromatic carbocycles. The predicted octanol–water partition coefficient (Wildman–Crippen LogP) is 1.12. The average molecular weight is 366 g/mol. The number of hydrogen-bond acceptors (Lipinski definition) is 5. The van der Waals surface area contributed by atoms with Crippen molar-refractivity contribution in [3.8, 4) is 0 Å². The van der Waals surface area contributed by atoms with Gasteiger partial charge in [0.1, 0.15) is 4.90 Å². The number of aromatic nitrogens is 1. The van der Waals surface area contributed by atoms with Gasteiger partial charge in [-0.3, -0.25) is 4.98 Å². The van der Waals surface area contributed by atoms with Gasteiger partial charge in [0, 0.05) is 31.3 Å². The lowest BCUT2D eigenvalue weighted by atomic mass is 9.76. The highest BCUT2D eigenvalue weighted by Gasteiger charge is 2.52. The van der Waals surface area contributed by atoms with Crippen molar-refractivity contribution in [1.29, 1.82) is 0 Å². The molecule has 134 valence electrons. The SMILES string of the molecule is O=S(=O)(c1cccnc1C(F)(F)F)N1C[C@@H]2CCOC[C@]2(CO)C1. The number of rotatable bonds is 3. The Morgan fingerprint density at radius 2 is 2.21 bits per heavy atom. The molecule has 3 heterocycles. The molecule has 24 heavy (non-hydrogen) atoms. The van der Waals surface area contributed by atoms with Gasteiger partial charge in [0.2, 0.25) is 10.0 Å². The van der Waals surface area contributed by atoms with Crippen LogP contribution in [0.3, 0.4) is 0 Å². The number of nitrogens with zero attached hydrogens (tertiary/aromatic N) is 2. The first kappa shape index (κ1) is 17.6. The normalized spacial score (nSPS) is 28.8. The van der Waals surface area contributed by atoms with Crippen molar-refractivity contribution < 1.29 is 31.4 Å². The molecule has 10 heteroatoms. The Balaban J connectivity index is 1.99. The number of sulfonamides is 1. The van der Waals surface area contributed by atoms with E-state index in [1.165, 1.54) is 0 Å². The van der Waals surface area contributed by atoms with Gasteiger partial charge < -0.3 is 9.84 Å². The Hall–Kier alpha value is -1.23. The van der Waals surface area contributed by atoms with Gasteiger partial charge in [0.05, 0.1) is 13.2 Å². The number of aliphatic hydroxyl groups is 1. The summed E-state index contributed by atoms with van der Waals surface area (Å²) in [6.45, 7) is 0.365. The van der Waals surface area contributed by atoms with E-state index in [0.29, 0.717) is 13.0 Å². The summed E-state index contributed by atoms with van der Waals surface area (Å²) in [4.78, 5) is 2.35. The fourth-order valence-electron chi connectivity index (χ4n) is 3.40. The first-order valence-electron chi connectivity index (χ1n) is 7.42. The van der Waals surface area contributed by atoms with E-state index in [9.17, 15) is 26.7 Å². The largest absolute Gasteiger partial charge is 0.434 e. The first-order valence-corrected chi connectivity index (χ1v) is 8.86. The van der Waals surface area contributed by atoms with E-state index in [2.05, 4.69) is 4.98 Å². The second-order valence-electron chi connectivity index (χ2n) is 6.20. The lowest BCUT2D eigenvalue weighted by molar-refractivity contribution is -0.143. The van der Waals surface area contributed by atoms with Crippen LogP contribution in [0.2, 0.25) is 0 Å². The van der Waals surface area contributed by atoms with Gasteiger partial charge in [-0.2, -0.15) is 17.5 Å². The molecule has 3 rings (SSSR count). The Morgan fingerprint density at radius 3 is 2.83 bits per heavy atom. The second kappa shape index (κ2) is 5.94. The second-order valence-corrected chi connectivity index (χ2v) is 8.11. The van der Waals surface area contributed by atoms with Crippen LogP contribution in [0.1, 0.15) is 12.1 Å². The number of alkyl halides is 3. The fraction of sp³-hybridized carbons (Fsp3) is 0.643. The molecular weight excluding hydrogens is 349 g/mol. The van der Waals surface area contributed by atoms with Crippen LogP contribution in [0.5, 0.6) is 0 Å². The van der Waals surface area contributed by atoms with Gasteiger partial charge in [-0.15, -0.1) is 0 Å². The summed E-state index contributed by atoms with van der Waals surface area (Å²) in [5.41, 5.74) is -2.18. The third-order valence-corrected chi connectivity index (χ3v) is 6.60. The molecule has 0 unspecified atom stereocenters. The smallest absolute Gasteiger partial charge is 0.396 e. The van der Waals surface area contributed by atoms with E-state index < -0.39 is 32.2 Å². The van der Waals surface area contributed by atoms with Crippen LogP contribution in [-0.2, 0) is 20.9 Å². The molecule has 6 nitrogen and oxygen atoms in total. The topological polar surface area (TPSA) is 79.7 Å².